The highest BCUT2D eigenvalue weighted by Gasteiger charge is 2.42. The summed E-state index contributed by atoms with van der Waals surface area (Å²) in [6, 6.07) is 2.26. The number of nitrogens with one attached hydrogen (secondary N) is 1. The number of rotatable bonds is 5. The molecule has 4 rings (SSSR count). The quantitative estimate of drug-likeness (QED) is 0.819. The molecule has 6 heteroatoms. The maximum atomic E-state index is 12.4. The summed E-state index contributed by atoms with van der Waals surface area (Å²) in [6.45, 7) is 9.37. The van der Waals surface area contributed by atoms with E-state index in [4.69, 9.17) is 0 Å². The van der Waals surface area contributed by atoms with Crippen molar-refractivity contribution in [2.75, 3.05) is 39.8 Å². The fraction of sp³-hybridized carbons (Fsp3) is 0.700. The zero-order chi connectivity index (χ0) is 18.1. The van der Waals surface area contributed by atoms with E-state index in [1.54, 1.807) is 0 Å². The molecular weight excluding hydrogens is 326 g/mol. The summed E-state index contributed by atoms with van der Waals surface area (Å²) >= 11 is 0. The Balaban J connectivity index is 1.43. The third kappa shape index (κ3) is 3.58. The predicted octanol–water partition coefficient (Wildman–Crippen LogP) is 1.97. The zero-order valence-corrected chi connectivity index (χ0v) is 15.9. The molecule has 2 saturated heterocycles. The van der Waals surface area contributed by atoms with Gasteiger partial charge in [-0.1, -0.05) is 6.08 Å². The zero-order valence-electron chi connectivity index (χ0n) is 15.9. The number of amides is 1. The molecule has 6 nitrogen and oxygen atoms in total. The summed E-state index contributed by atoms with van der Waals surface area (Å²) in [6.07, 6.45) is 7.04. The number of nitrogens with zero attached hydrogens (tertiary/aromatic N) is 4. The molecule has 3 fully saturated rings. The molecule has 0 aromatic carbocycles. The number of aromatic nitrogens is 2. The van der Waals surface area contributed by atoms with E-state index in [0.717, 1.165) is 45.6 Å². The summed E-state index contributed by atoms with van der Waals surface area (Å²) in [5.41, 5.74) is 2.57. The number of aromatic amines is 1. The van der Waals surface area contributed by atoms with E-state index in [1.165, 1.54) is 24.2 Å². The second-order valence-electron chi connectivity index (χ2n) is 8.33. The maximum absolute atomic E-state index is 12.4. The predicted molar refractivity (Wildman–Crippen MR) is 102 cm³/mol. The molecule has 1 N–H and O–H groups in total. The Morgan fingerprint density at radius 3 is 2.96 bits per heavy atom. The van der Waals surface area contributed by atoms with Crippen LogP contribution in [0.4, 0.5) is 0 Å². The highest BCUT2D eigenvalue weighted by atomic mass is 16.2. The lowest BCUT2D eigenvalue weighted by atomic mass is 9.86. The van der Waals surface area contributed by atoms with Crippen LogP contribution in [-0.4, -0.2) is 76.1 Å². The number of likely N-dealkylation sites (N-methyl/N-ethyl adjacent to an activating group) is 1. The van der Waals surface area contributed by atoms with Gasteiger partial charge in [-0.25, -0.2) is 0 Å². The van der Waals surface area contributed by atoms with Crippen LogP contribution in [-0.2, 0) is 11.3 Å². The molecule has 142 valence electrons. The van der Waals surface area contributed by atoms with Crippen LogP contribution in [0.1, 0.15) is 49.4 Å². The average Bonchev–Trinajstić information content (AvgIpc) is 3.40. The van der Waals surface area contributed by atoms with Crippen molar-refractivity contribution in [3.63, 3.8) is 0 Å². The van der Waals surface area contributed by atoms with E-state index in [9.17, 15) is 4.79 Å². The lowest BCUT2D eigenvalue weighted by Gasteiger charge is -2.49. The second kappa shape index (κ2) is 7.16. The molecular formula is C20H31N5O. The summed E-state index contributed by atoms with van der Waals surface area (Å²) in [7, 11) is 2.23. The van der Waals surface area contributed by atoms with Crippen molar-refractivity contribution < 1.29 is 4.79 Å². The molecule has 3 aliphatic rings. The van der Waals surface area contributed by atoms with Gasteiger partial charge in [0.05, 0.1) is 5.69 Å². The summed E-state index contributed by atoms with van der Waals surface area (Å²) in [5, 5.41) is 7.74. The van der Waals surface area contributed by atoms with Gasteiger partial charge in [0.15, 0.2) is 0 Å². The Bertz CT molecular complexity index is 667. The normalized spacial score (nSPS) is 28.5. The molecule has 1 aromatic heterocycles. The van der Waals surface area contributed by atoms with E-state index in [-0.39, 0.29) is 11.4 Å². The van der Waals surface area contributed by atoms with Crippen LogP contribution in [0.3, 0.4) is 0 Å². The minimum atomic E-state index is 0.100. The second-order valence-corrected chi connectivity index (χ2v) is 8.33. The number of piperazine rings is 1. The number of H-pyrrole nitrogens is 1. The molecule has 0 bridgehead atoms. The Morgan fingerprint density at radius 1 is 1.35 bits per heavy atom. The van der Waals surface area contributed by atoms with Crippen LogP contribution in [0.2, 0.25) is 0 Å². The van der Waals surface area contributed by atoms with Gasteiger partial charge in [0, 0.05) is 62.8 Å². The number of hydrogen-bond donors (Lipinski definition) is 1. The van der Waals surface area contributed by atoms with Gasteiger partial charge in [-0.15, -0.1) is 6.58 Å². The molecule has 1 unspecified atom stereocenters. The molecule has 1 saturated carbocycles. The highest BCUT2D eigenvalue weighted by molar-refractivity contribution is 5.76. The Labute approximate surface area is 156 Å². The standard InChI is InChI=1S/C20H31N5O/c1-3-9-25-10-8-20(7-6-19(25)26)15-24(12-11-23(20)2)14-17-13-18(22-21-17)16-4-5-16/h3,13,16H,1,4-12,14-15H2,2H3,(H,21,22). The fourth-order valence-corrected chi connectivity index (χ4v) is 4.55. The van der Waals surface area contributed by atoms with Gasteiger partial charge in [-0.2, -0.15) is 5.10 Å². The number of carbonyl (C=O) groups is 1. The first-order valence-electron chi connectivity index (χ1n) is 9.96. The van der Waals surface area contributed by atoms with Crippen molar-refractivity contribution in [3.8, 4) is 0 Å². The Kier molecular flexibility index (Phi) is 4.88. The van der Waals surface area contributed by atoms with Crippen LogP contribution < -0.4 is 0 Å². The minimum Gasteiger partial charge on any atom is -0.339 e. The molecule has 2 aliphatic heterocycles. The lowest BCUT2D eigenvalue weighted by molar-refractivity contribution is -0.130. The van der Waals surface area contributed by atoms with Gasteiger partial charge in [0.25, 0.3) is 0 Å². The van der Waals surface area contributed by atoms with Gasteiger partial charge in [-0.05, 0) is 38.8 Å². The van der Waals surface area contributed by atoms with Crippen molar-refractivity contribution in [1.82, 2.24) is 24.9 Å². The third-order valence-corrected chi connectivity index (χ3v) is 6.47. The summed E-state index contributed by atoms with van der Waals surface area (Å²) in [4.78, 5) is 19.4. The van der Waals surface area contributed by atoms with Crippen molar-refractivity contribution in [2.45, 2.75) is 50.1 Å². The largest absolute Gasteiger partial charge is 0.339 e. The maximum Gasteiger partial charge on any atom is 0.222 e. The third-order valence-electron chi connectivity index (χ3n) is 6.47. The Hall–Kier alpha value is -1.66. The molecule has 3 heterocycles. The topological polar surface area (TPSA) is 55.5 Å². The Morgan fingerprint density at radius 2 is 2.19 bits per heavy atom. The first-order chi connectivity index (χ1) is 12.6. The van der Waals surface area contributed by atoms with Gasteiger partial charge in [-0.3, -0.25) is 19.7 Å². The van der Waals surface area contributed by atoms with E-state index < -0.39 is 0 Å². The monoisotopic (exact) mass is 357 g/mol. The van der Waals surface area contributed by atoms with Gasteiger partial charge in [0.1, 0.15) is 0 Å². The van der Waals surface area contributed by atoms with Crippen LogP contribution in [0.5, 0.6) is 0 Å². The van der Waals surface area contributed by atoms with Gasteiger partial charge >= 0.3 is 0 Å². The first-order valence-corrected chi connectivity index (χ1v) is 9.96. The van der Waals surface area contributed by atoms with E-state index >= 15 is 0 Å². The SMILES string of the molecule is C=CCN1CCC2(CCC1=O)CN(Cc1cc(C3CC3)n[nH]1)CCN2C. The number of hydrogen-bond acceptors (Lipinski definition) is 4. The molecule has 1 spiro atoms. The van der Waals surface area contributed by atoms with Crippen LogP contribution >= 0.6 is 0 Å². The fourth-order valence-electron chi connectivity index (χ4n) is 4.55. The molecule has 26 heavy (non-hydrogen) atoms. The van der Waals surface area contributed by atoms with Crippen molar-refractivity contribution in [1.29, 1.82) is 0 Å². The lowest BCUT2D eigenvalue weighted by Crippen LogP contribution is -2.60. The summed E-state index contributed by atoms with van der Waals surface area (Å²) in [5.74, 6) is 0.970. The smallest absolute Gasteiger partial charge is 0.222 e. The number of likely N-dealkylation sites (tertiary alicyclic amines) is 1. The van der Waals surface area contributed by atoms with Gasteiger partial charge in [0.2, 0.25) is 5.91 Å². The van der Waals surface area contributed by atoms with E-state index in [0.29, 0.717) is 18.9 Å². The minimum absolute atomic E-state index is 0.100. The highest BCUT2D eigenvalue weighted by Crippen LogP contribution is 2.39. The molecule has 1 amide bonds. The number of carbonyl (C=O) groups excluding carboxylic acids is 1. The average molecular weight is 358 g/mol. The van der Waals surface area contributed by atoms with Crippen molar-refractivity contribution >= 4 is 5.91 Å². The molecule has 1 aromatic rings. The van der Waals surface area contributed by atoms with E-state index in [2.05, 4.69) is 39.7 Å². The summed E-state index contributed by atoms with van der Waals surface area (Å²) < 4.78 is 0. The van der Waals surface area contributed by atoms with Crippen LogP contribution in [0.25, 0.3) is 0 Å². The first kappa shape index (κ1) is 17.7. The van der Waals surface area contributed by atoms with E-state index in [1.807, 2.05) is 11.0 Å². The van der Waals surface area contributed by atoms with Crippen molar-refractivity contribution in [3.05, 3.63) is 30.1 Å². The van der Waals surface area contributed by atoms with Gasteiger partial charge < -0.3 is 4.90 Å². The van der Waals surface area contributed by atoms with Crippen molar-refractivity contribution in [2.24, 2.45) is 0 Å². The molecule has 1 atom stereocenters. The molecule has 1 aliphatic carbocycles. The van der Waals surface area contributed by atoms with Crippen LogP contribution in [0.15, 0.2) is 18.7 Å². The van der Waals surface area contributed by atoms with Crippen LogP contribution in [0, 0.1) is 0 Å². The molecule has 0 radical (unpaired) electrons.